The second kappa shape index (κ2) is 8.73. The van der Waals surface area contributed by atoms with Gasteiger partial charge in [-0.15, -0.1) is 4.80 Å². The average Bonchev–Trinajstić information content (AvgIpc) is 3.03. The Kier molecular flexibility index (Phi) is 6.97. The lowest BCUT2D eigenvalue weighted by atomic mass is 10.2. The third-order valence-electron chi connectivity index (χ3n) is 2.63. The highest BCUT2D eigenvalue weighted by Crippen LogP contribution is 2.12. The Balaban J connectivity index is 3.25. The molecule has 8 heteroatoms. The Morgan fingerprint density at radius 1 is 1.41 bits per heavy atom. The summed E-state index contributed by atoms with van der Waals surface area (Å²) in [6.45, 7) is 5.26. The van der Waals surface area contributed by atoms with Crippen LogP contribution < -0.4 is 5.73 Å². The summed E-state index contributed by atoms with van der Waals surface area (Å²) in [5.41, 5.74) is 6.62. The fraction of sp³-hybridized carbons (Fsp3) is 0.429. The van der Waals surface area contributed by atoms with Gasteiger partial charge in [-0.25, -0.2) is 9.79 Å². The Morgan fingerprint density at radius 2 is 2.05 bits per heavy atom. The first kappa shape index (κ1) is 17.6. The van der Waals surface area contributed by atoms with Crippen molar-refractivity contribution in [3.63, 3.8) is 0 Å². The summed E-state index contributed by atoms with van der Waals surface area (Å²) < 4.78 is 4.97. The maximum atomic E-state index is 11.9. The fourth-order valence-corrected chi connectivity index (χ4v) is 1.59. The summed E-state index contributed by atoms with van der Waals surface area (Å²) in [5.74, 6) is -0.295. The molecule has 1 aromatic rings. The lowest BCUT2D eigenvalue weighted by molar-refractivity contribution is -0.137. The highest BCUT2D eigenvalue weighted by Gasteiger charge is 2.16. The van der Waals surface area contributed by atoms with E-state index in [1.54, 1.807) is 19.9 Å². The number of allylic oxidation sites excluding steroid dienone is 1. The molecule has 22 heavy (non-hydrogen) atoms. The van der Waals surface area contributed by atoms with Gasteiger partial charge in [-0.3, -0.25) is 0 Å². The number of aromatic nitrogens is 3. The van der Waals surface area contributed by atoms with Crippen LogP contribution in [-0.2, 0) is 9.53 Å². The third-order valence-corrected chi connectivity index (χ3v) is 2.63. The van der Waals surface area contributed by atoms with E-state index in [9.17, 15) is 9.90 Å². The summed E-state index contributed by atoms with van der Waals surface area (Å²) in [5, 5.41) is 17.2. The molecular weight excluding hydrogens is 286 g/mol. The van der Waals surface area contributed by atoms with E-state index < -0.39 is 5.97 Å². The lowest BCUT2D eigenvalue weighted by Gasteiger charge is -2.09. The molecule has 0 saturated heterocycles. The number of hydrogen-bond acceptors (Lipinski definition) is 6. The van der Waals surface area contributed by atoms with Gasteiger partial charge in [-0.1, -0.05) is 13.0 Å². The molecule has 0 spiro atoms. The molecule has 0 radical (unpaired) electrons. The van der Waals surface area contributed by atoms with E-state index in [1.807, 2.05) is 6.92 Å². The minimum Gasteiger partial charge on any atom is -0.462 e. The first-order valence-corrected chi connectivity index (χ1v) is 6.94. The molecule has 0 fully saturated rings. The van der Waals surface area contributed by atoms with Crippen molar-refractivity contribution in [2.24, 2.45) is 10.7 Å². The van der Waals surface area contributed by atoms with Crippen molar-refractivity contribution < 1.29 is 14.6 Å². The van der Waals surface area contributed by atoms with Crippen molar-refractivity contribution in [2.45, 2.75) is 27.2 Å². The molecule has 3 N–H and O–H groups in total. The monoisotopic (exact) mass is 307 g/mol. The van der Waals surface area contributed by atoms with Crippen LogP contribution in [0.3, 0.4) is 0 Å². The fourth-order valence-electron chi connectivity index (χ4n) is 1.59. The minimum absolute atomic E-state index is 0.0135. The van der Waals surface area contributed by atoms with Gasteiger partial charge in [0, 0.05) is 0 Å². The first-order chi connectivity index (χ1) is 10.5. The molecule has 0 amide bonds. The van der Waals surface area contributed by atoms with Crippen LogP contribution in [0.5, 0.6) is 0 Å². The number of rotatable bonds is 7. The molecule has 8 nitrogen and oxygen atoms in total. The standard InChI is InChI=1S/C14H21N5O3/c1-4-6-11(14(21)22-5-2)12(15)18-13(10(3)9-20)19-16-7-8-17-19/h6-8,20H,4-5,9H2,1-3H3,(H2,15,18)/b11-6-,13-10-. The van der Waals surface area contributed by atoms with Crippen LogP contribution in [0.4, 0.5) is 0 Å². The molecule has 120 valence electrons. The van der Waals surface area contributed by atoms with E-state index in [1.165, 1.54) is 17.2 Å². The summed E-state index contributed by atoms with van der Waals surface area (Å²) in [4.78, 5) is 17.4. The van der Waals surface area contributed by atoms with Gasteiger partial charge >= 0.3 is 5.97 Å². The molecule has 0 atom stereocenters. The predicted octanol–water partition coefficient (Wildman–Crippen LogP) is 0.716. The van der Waals surface area contributed by atoms with Gasteiger partial charge in [0.25, 0.3) is 0 Å². The summed E-state index contributed by atoms with van der Waals surface area (Å²) in [6.07, 6.45) is 5.19. The maximum Gasteiger partial charge on any atom is 0.341 e. The van der Waals surface area contributed by atoms with Gasteiger partial charge in [0.15, 0.2) is 5.82 Å². The summed E-state index contributed by atoms with van der Waals surface area (Å²) in [6, 6.07) is 0. The highest BCUT2D eigenvalue weighted by molar-refractivity contribution is 6.19. The molecule has 0 aliphatic carbocycles. The second-order valence-electron chi connectivity index (χ2n) is 4.32. The normalized spacial score (nSPS) is 13.8. The van der Waals surface area contributed by atoms with Gasteiger partial charge in [-0.2, -0.15) is 10.2 Å². The molecule has 0 aromatic carbocycles. The van der Waals surface area contributed by atoms with E-state index in [0.717, 1.165) is 0 Å². The smallest absolute Gasteiger partial charge is 0.341 e. The number of hydrogen-bond donors (Lipinski definition) is 2. The Hall–Kier alpha value is -2.48. The van der Waals surface area contributed by atoms with Crippen molar-refractivity contribution >= 4 is 17.6 Å². The predicted molar refractivity (Wildman–Crippen MR) is 82.6 cm³/mol. The van der Waals surface area contributed by atoms with Crippen LogP contribution in [0.1, 0.15) is 27.2 Å². The number of ether oxygens (including phenoxy) is 1. The van der Waals surface area contributed by atoms with Crippen molar-refractivity contribution in [1.82, 2.24) is 15.0 Å². The van der Waals surface area contributed by atoms with Gasteiger partial charge in [0.2, 0.25) is 0 Å². The molecule has 0 aliphatic heterocycles. The number of nitrogens with two attached hydrogens (primary N) is 1. The SMILES string of the molecule is CC/C=C(C(=O)OCC)/C(N)=N\C(=C(/C)CO)n1nccn1. The molecule has 1 aromatic heterocycles. The van der Waals surface area contributed by atoms with Gasteiger partial charge in [0.1, 0.15) is 5.84 Å². The van der Waals surface area contributed by atoms with Crippen LogP contribution in [0, 0.1) is 0 Å². The van der Waals surface area contributed by atoms with Crippen LogP contribution in [0.2, 0.25) is 0 Å². The zero-order chi connectivity index (χ0) is 16.5. The molecule has 1 rings (SSSR count). The quantitative estimate of drug-likeness (QED) is 0.332. The van der Waals surface area contributed by atoms with Crippen molar-refractivity contribution in [2.75, 3.05) is 13.2 Å². The third kappa shape index (κ3) is 4.52. The number of esters is 1. The van der Waals surface area contributed by atoms with Gasteiger partial charge < -0.3 is 15.6 Å². The summed E-state index contributed by atoms with van der Waals surface area (Å²) in [7, 11) is 0. The number of aliphatic imine (C=N–C) groups is 1. The molecule has 0 saturated carbocycles. The van der Waals surface area contributed by atoms with Crippen LogP contribution in [-0.4, -0.2) is 45.1 Å². The van der Waals surface area contributed by atoms with E-state index in [0.29, 0.717) is 12.0 Å². The Bertz CT molecular complexity index is 588. The lowest BCUT2D eigenvalue weighted by Crippen LogP contribution is -2.24. The zero-order valence-electron chi connectivity index (χ0n) is 13.0. The Morgan fingerprint density at radius 3 is 2.55 bits per heavy atom. The number of aliphatic hydroxyl groups is 1. The molecule has 0 bridgehead atoms. The topological polar surface area (TPSA) is 116 Å². The second-order valence-corrected chi connectivity index (χ2v) is 4.32. The molecule has 0 aliphatic rings. The highest BCUT2D eigenvalue weighted by atomic mass is 16.5. The number of carbonyl (C=O) groups excluding carboxylic acids is 1. The zero-order valence-corrected chi connectivity index (χ0v) is 13.0. The van der Waals surface area contributed by atoms with Crippen LogP contribution in [0.15, 0.2) is 34.6 Å². The average molecular weight is 307 g/mol. The van der Waals surface area contributed by atoms with Crippen LogP contribution >= 0.6 is 0 Å². The number of amidine groups is 1. The van der Waals surface area contributed by atoms with E-state index >= 15 is 0 Å². The van der Waals surface area contributed by atoms with E-state index in [-0.39, 0.29) is 30.4 Å². The van der Waals surface area contributed by atoms with Gasteiger partial charge in [-0.05, 0) is 25.8 Å². The van der Waals surface area contributed by atoms with E-state index in [4.69, 9.17) is 10.5 Å². The van der Waals surface area contributed by atoms with Crippen molar-refractivity contribution in [3.8, 4) is 0 Å². The maximum absolute atomic E-state index is 11.9. The number of nitrogens with zero attached hydrogens (tertiary/aromatic N) is 4. The first-order valence-electron chi connectivity index (χ1n) is 6.94. The number of carbonyl (C=O) groups is 1. The molecular formula is C14H21N5O3. The largest absolute Gasteiger partial charge is 0.462 e. The summed E-state index contributed by atoms with van der Waals surface area (Å²) >= 11 is 0. The minimum atomic E-state index is -0.542. The van der Waals surface area contributed by atoms with Gasteiger partial charge in [0.05, 0.1) is 31.2 Å². The van der Waals surface area contributed by atoms with Crippen LogP contribution in [0.25, 0.3) is 5.82 Å². The molecule has 1 heterocycles. The van der Waals surface area contributed by atoms with E-state index in [2.05, 4.69) is 15.2 Å². The Labute approximate surface area is 129 Å². The number of aliphatic hydroxyl groups excluding tert-OH is 1. The molecule has 0 unspecified atom stereocenters. The van der Waals surface area contributed by atoms with Crippen molar-refractivity contribution in [3.05, 3.63) is 29.6 Å². The van der Waals surface area contributed by atoms with Crippen molar-refractivity contribution in [1.29, 1.82) is 0 Å².